The third-order valence-electron chi connectivity index (χ3n) is 3.83. The lowest BCUT2D eigenvalue weighted by Gasteiger charge is -2.16. The quantitative estimate of drug-likeness (QED) is 0.278. The zero-order valence-electron chi connectivity index (χ0n) is 13.8. The van der Waals surface area contributed by atoms with Crippen LogP contribution in [0.25, 0.3) is 0 Å². The average Bonchev–Trinajstić information content (AvgIpc) is 2.26. The van der Waals surface area contributed by atoms with Gasteiger partial charge in [0.2, 0.25) is 0 Å². The fraction of sp³-hybridized carbons (Fsp3) is 1.00. The lowest BCUT2D eigenvalue weighted by atomic mass is 10.1. The highest BCUT2D eigenvalue weighted by molar-refractivity contribution is 6.58. The van der Waals surface area contributed by atoms with Crippen LogP contribution in [-0.2, 0) is 0 Å². The Morgan fingerprint density at radius 1 is 0.667 bits per heavy atom. The van der Waals surface area contributed by atoms with Crippen molar-refractivity contribution in [1.82, 2.24) is 0 Å². The minimum Gasteiger partial charge on any atom is -0.0938 e. The summed E-state index contributed by atoms with van der Waals surface area (Å²) in [5.74, 6) is 1.87. The van der Waals surface area contributed by atoms with Crippen LogP contribution in [0.5, 0.6) is 0 Å². The van der Waals surface area contributed by atoms with E-state index >= 15 is 0 Å². The summed E-state index contributed by atoms with van der Waals surface area (Å²) in [4.78, 5) is 0. The predicted octanol–water partition coefficient (Wildman–Crippen LogP) is 6.54. The molecule has 0 amide bonds. The fourth-order valence-electron chi connectivity index (χ4n) is 3.06. The highest BCUT2D eigenvalue weighted by atomic mass is 27.2. The summed E-state index contributed by atoms with van der Waals surface area (Å²) in [5, 5.41) is 4.77. The molecule has 0 unspecified atom stereocenters. The monoisotopic (exact) mass is 268 g/mol. The Bertz CT molecular complexity index is 153. The molecule has 0 aromatic heterocycles. The molecule has 0 atom stereocenters. The standard InChI is InChI=1S/C9H19.2C4H9.Al/c1-3-5-7-9-8-6-4-2;2*1-4(2)3;/h1,3-9H2,2H3;2*4H,1H2,2-3H3;. The van der Waals surface area contributed by atoms with Crippen molar-refractivity contribution in [2.75, 3.05) is 0 Å². The van der Waals surface area contributed by atoms with E-state index < -0.39 is 14.1 Å². The molecule has 0 aromatic carbocycles. The SMILES string of the molecule is CCCCCCCC[CH2][Al]([CH2]C(C)C)[CH2]C(C)C. The molecule has 0 N–H and O–H groups in total. The molecule has 0 saturated heterocycles. The van der Waals surface area contributed by atoms with Gasteiger partial charge in [-0.2, -0.15) is 0 Å². The summed E-state index contributed by atoms with van der Waals surface area (Å²) < 4.78 is 0. The molecule has 0 aliphatic heterocycles. The Labute approximate surface area is 121 Å². The van der Waals surface area contributed by atoms with Crippen molar-refractivity contribution < 1.29 is 0 Å². The Balaban J connectivity index is 3.56. The van der Waals surface area contributed by atoms with Crippen molar-refractivity contribution in [3.8, 4) is 0 Å². The van der Waals surface area contributed by atoms with Gasteiger partial charge in [0.25, 0.3) is 14.1 Å². The Kier molecular flexibility index (Phi) is 12.9. The molecular formula is C17H37Al. The third-order valence-corrected chi connectivity index (χ3v) is 8.27. The van der Waals surface area contributed by atoms with Crippen molar-refractivity contribution in [2.45, 2.75) is 95.4 Å². The van der Waals surface area contributed by atoms with Crippen LogP contribution < -0.4 is 0 Å². The molecule has 0 aliphatic rings. The molecule has 0 saturated carbocycles. The third kappa shape index (κ3) is 13.0. The molecule has 108 valence electrons. The lowest BCUT2D eigenvalue weighted by Crippen LogP contribution is -2.17. The van der Waals surface area contributed by atoms with E-state index in [4.69, 9.17) is 0 Å². The van der Waals surface area contributed by atoms with Gasteiger partial charge in [-0.3, -0.25) is 0 Å². The van der Waals surface area contributed by atoms with E-state index in [0.29, 0.717) is 0 Å². The normalized spacial score (nSPS) is 11.5. The molecule has 0 nitrogen and oxygen atoms in total. The summed E-state index contributed by atoms with van der Waals surface area (Å²) in [6.07, 6.45) is 10.3. The minimum absolute atomic E-state index is 0.414. The van der Waals surface area contributed by atoms with Crippen LogP contribution >= 0.6 is 0 Å². The molecule has 0 spiro atoms. The van der Waals surface area contributed by atoms with E-state index in [1.54, 1.807) is 15.8 Å². The predicted molar refractivity (Wildman–Crippen MR) is 87.8 cm³/mol. The molecule has 1 heteroatoms. The van der Waals surface area contributed by atoms with Crippen molar-refractivity contribution >= 4 is 14.1 Å². The summed E-state index contributed by atoms with van der Waals surface area (Å²) in [5.41, 5.74) is 0. The smallest absolute Gasteiger partial charge is 0.0938 e. The van der Waals surface area contributed by atoms with E-state index in [9.17, 15) is 0 Å². The van der Waals surface area contributed by atoms with Gasteiger partial charge in [-0.15, -0.1) is 0 Å². The highest BCUT2D eigenvalue weighted by Gasteiger charge is 2.19. The second-order valence-corrected chi connectivity index (χ2v) is 10.3. The second kappa shape index (κ2) is 12.6. The number of hydrogen-bond donors (Lipinski definition) is 0. The van der Waals surface area contributed by atoms with Gasteiger partial charge < -0.3 is 0 Å². The summed E-state index contributed by atoms with van der Waals surface area (Å²) in [7, 11) is 0. The molecule has 0 bridgehead atoms. The van der Waals surface area contributed by atoms with E-state index in [-0.39, 0.29) is 0 Å². The van der Waals surface area contributed by atoms with Crippen LogP contribution in [0.1, 0.15) is 79.6 Å². The largest absolute Gasteiger partial charge is 0.262 e. The van der Waals surface area contributed by atoms with E-state index in [0.717, 1.165) is 11.8 Å². The summed E-state index contributed by atoms with van der Waals surface area (Å²) >= 11 is -0.414. The number of hydrogen-bond acceptors (Lipinski definition) is 0. The molecule has 0 aliphatic carbocycles. The van der Waals surface area contributed by atoms with Gasteiger partial charge >= 0.3 is 0 Å². The van der Waals surface area contributed by atoms with E-state index in [2.05, 4.69) is 34.6 Å². The van der Waals surface area contributed by atoms with Gasteiger partial charge in [0, 0.05) is 0 Å². The Morgan fingerprint density at radius 3 is 1.56 bits per heavy atom. The van der Waals surface area contributed by atoms with Crippen LogP contribution in [0.3, 0.4) is 0 Å². The average molecular weight is 268 g/mol. The van der Waals surface area contributed by atoms with Crippen molar-refractivity contribution in [2.24, 2.45) is 11.8 Å². The van der Waals surface area contributed by atoms with Gasteiger partial charge in [-0.1, -0.05) is 107 Å². The zero-order valence-corrected chi connectivity index (χ0v) is 15.0. The first-order valence-electron chi connectivity index (χ1n) is 8.56. The van der Waals surface area contributed by atoms with Crippen LogP contribution in [-0.4, -0.2) is 14.1 Å². The van der Waals surface area contributed by atoms with Crippen LogP contribution in [0, 0.1) is 11.8 Å². The van der Waals surface area contributed by atoms with E-state index in [1.165, 1.54) is 44.9 Å². The topological polar surface area (TPSA) is 0 Å². The molecule has 0 radical (unpaired) electrons. The van der Waals surface area contributed by atoms with E-state index in [1.807, 2.05) is 0 Å². The van der Waals surface area contributed by atoms with Crippen LogP contribution in [0.4, 0.5) is 0 Å². The van der Waals surface area contributed by atoms with Crippen molar-refractivity contribution in [1.29, 1.82) is 0 Å². The first-order valence-corrected chi connectivity index (χ1v) is 11.0. The van der Waals surface area contributed by atoms with Gasteiger partial charge in [-0.25, -0.2) is 0 Å². The fourth-order valence-corrected chi connectivity index (χ4v) is 7.25. The van der Waals surface area contributed by atoms with Crippen LogP contribution in [0.2, 0.25) is 15.8 Å². The molecule has 18 heavy (non-hydrogen) atoms. The van der Waals surface area contributed by atoms with Gasteiger partial charge in [0.15, 0.2) is 0 Å². The maximum Gasteiger partial charge on any atom is 0.262 e. The Morgan fingerprint density at radius 2 is 1.11 bits per heavy atom. The maximum atomic E-state index is 2.41. The number of unbranched alkanes of at least 4 members (excludes halogenated alkanes) is 6. The summed E-state index contributed by atoms with van der Waals surface area (Å²) in [6.45, 7) is 11.9. The second-order valence-electron chi connectivity index (χ2n) is 7.04. The van der Waals surface area contributed by atoms with Crippen molar-refractivity contribution in [3.63, 3.8) is 0 Å². The first kappa shape index (κ1) is 18.5. The van der Waals surface area contributed by atoms with Gasteiger partial charge in [-0.05, 0) is 0 Å². The zero-order chi connectivity index (χ0) is 13.8. The summed E-state index contributed by atoms with van der Waals surface area (Å²) in [6, 6.07) is 0. The molecule has 0 aromatic rings. The molecule has 0 heterocycles. The molecular weight excluding hydrogens is 231 g/mol. The van der Waals surface area contributed by atoms with Crippen LogP contribution in [0.15, 0.2) is 0 Å². The van der Waals surface area contributed by atoms with Gasteiger partial charge in [0.05, 0.1) is 0 Å². The van der Waals surface area contributed by atoms with Gasteiger partial charge in [0.1, 0.15) is 0 Å². The maximum absolute atomic E-state index is 2.41. The highest BCUT2D eigenvalue weighted by Crippen LogP contribution is 2.20. The molecule has 0 fully saturated rings. The lowest BCUT2D eigenvalue weighted by molar-refractivity contribution is 0.598. The first-order chi connectivity index (χ1) is 8.56. The Hall–Kier alpha value is 0.532. The number of rotatable bonds is 12. The van der Waals surface area contributed by atoms with Crippen molar-refractivity contribution in [3.05, 3.63) is 0 Å². The molecule has 0 rings (SSSR count). The minimum atomic E-state index is -0.414.